The molecule has 2 aromatic carbocycles. The van der Waals surface area contributed by atoms with E-state index in [1.807, 2.05) is 6.07 Å². The van der Waals surface area contributed by atoms with Crippen LogP contribution in [0, 0.1) is 0 Å². The number of carbonyl (C=O) groups is 3. The van der Waals surface area contributed by atoms with Gasteiger partial charge >= 0.3 is 6.03 Å². The van der Waals surface area contributed by atoms with Crippen molar-refractivity contribution in [3.8, 4) is 5.75 Å². The number of urea groups is 1. The van der Waals surface area contributed by atoms with Crippen LogP contribution < -0.4 is 26.2 Å². The van der Waals surface area contributed by atoms with Crippen molar-refractivity contribution < 1.29 is 24.3 Å². The van der Waals surface area contributed by atoms with E-state index in [1.54, 1.807) is 61.1 Å². The third-order valence-electron chi connectivity index (χ3n) is 4.53. The number of ether oxygens (including phenoxy) is 1. The van der Waals surface area contributed by atoms with Gasteiger partial charge in [-0.2, -0.15) is 0 Å². The summed E-state index contributed by atoms with van der Waals surface area (Å²) in [5.41, 5.74) is 2.79. The molecule has 9 nitrogen and oxygen atoms in total. The minimum absolute atomic E-state index is 0.197. The van der Waals surface area contributed by atoms with Gasteiger partial charge < -0.3 is 20.7 Å². The first-order valence-electron chi connectivity index (χ1n) is 10.0. The van der Waals surface area contributed by atoms with Crippen molar-refractivity contribution in [2.45, 2.75) is 38.1 Å². The summed E-state index contributed by atoms with van der Waals surface area (Å²) < 4.78 is 5.09. The zero-order chi connectivity index (χ0) is 22.5. The lowest BCUT2D eigenvalue weighted by molar-refractivity contribution is -0.129. The molecular formula is C22H28N4O5. The minimum Gasteiger partial charge on any atom is -0.497 e. The smallest absolute Gasteiger partial charge is 0.319 e. The van der Waals surface area contributed by atoms with Gasteiger partial charge in [-0.3, -0.25) is 14.8 Å². The van der Waals surface area contributed by atoms with Crippen LogP contribution in [0.15, 0.2) is 54.6 Å². The van der Waals surface area contributed by atoms with Crippen molar-refractivity contribution in [3.63, 3.8) is 0 Å². The van der Waals surface area contributed by atoms with Gasteiger partial charge in [0.05, 0.1) is 7.11 Å². The molecule has 0 aliphatic rings. The SMILES string of the molecule is COc1ccc(NC(=O)N[C@@H](CCCCCC(=O)NO)C(=O)Nc2ccccc2)cc1. The summed E-state index contributed by atoms with van der Waals surface area (Å²) in [6, 6.07) is 14.6. The van der Waals surface area contributed by atoms with Crippen molar-refractivity contribution in [2.75, 3.05) is 17.7 Å². The van der Waals surface area contributed by atoms with Crippen LogP contribution in [0.2, 0.25) is 0 Å². The van der Waals surface area contributed by atoms with E-state index in [9.17, 15) is 14.4 Å². The Labute approximate surface area is 181 Å². The van der Waals surface area contributed by atoms with E-state index in [-0.39, 0.29) is 12.3 Å². The molecule has 0 unspecified atom stereocenters. The van der Waals surface area contributed by atoms with E-state index >= 15 is 0 Å². The van der Waals surface area contributed by atoms with Crippen LogP contribution in [0.5, 0.6) is 5.75 Å². The average Bonchev–Trinajstić information content (AvgIpc) is 2.79. The molecule has 2 aromatic rings. The number of hydroxylamine groups is 1. The van der Waals surface area contributed by atoms with Crippen LogP contribution in [-0.2, 0) is 9.59 Å². The summed E-state index contributed by atoms with van der Waals surface area (Å²) in [4.78, 5) is 36.3. The molecule has 0 aliphatic carbocycles. The number of hydrogen-bond donors (Lipinski definition) is 5. The van der Waals surface area contributed by atoms with Gasteiger partial charge in [0, 0.05) is 17.8 Å². The first-order valence-corrected chi connectivity index (χ1v) is 10.0. The van der Waals surface area contributed by atoms with Gasteiger partial charge in [-0.15, -0.1) is 0 Å². The third kappa shape index (κ3) is 8.75. The number of hydrogen-bond acceptors (Lipinski definition) is 5. The van der Waals surface area contributed by atoms with Crippen LogP contribution >= 0.6 is 0 Å². The molecular weight excluding hydrogens is 400 g/mol. The average molecular weight is 428 g/mol. The number of benzene rings is 2. The quantitative estimate of drug-likeness (QED) is 0.213. The molecule has 0 saturated carbocycles. The van der Waals surface area contributed by atoms with Crippen LogP contribution in [0.4, 0.5) is 16.2 Å². The topological polar surface area (TPSA) is 129 Å². The second-order valence-corrected chi connectivity index (χ2v) is 6.87. The summed E-state index contributed by atoms with van der Waals surface area (Å²) >= 11 is 0. The molecule has 0 heterocycles. The zero-order valence-corrected chi connectivity index (χ0v) is 17.4. The Morgan fingerprint density at radius 2 is 1.58 bits per heavy atom. The molecule has 0 radical (unpaired) electrons. The van der Waals surface area contributed by atoms with Gasteiger partial charge in [-0.1, -0.05) is 31.0 Å². The number of unbranched alkanes of at least 4 members (excludes halogenated alkanes) is 2. The normalized spacial score (nSPS) is 11.2. The molecule has 2 rings (SSSR count). The maximum atomic E-state index is 12.7. The van der Waals surface area contributed by atoms with Gasteiger partial charge in [0.1, 0.15) is 11.8 Å². The highest BCUT2D eigenvalue weighted by molar-refractivity contribution is 5.99. The van der Waals surface area contributed by atoms with Crippen LogP contribution in [0.25, 0.3) is 0 Å². The Morgan fingerprint density at radius 3 is 2.23 bits per heavy atom. The van der Waals surface area contributed by atoms with Gasteiger partial charge in [0.25, 0.3) is 0 Å². The maximum absolute atomic E-state index is 12.7. The fraction of sp³-hybridized carbons (Fsp3) is 0.318. The Bertz CT molecular complexity index is 843. The lowest BCUT2D eigenvalue weighted by Crippen LogP contribution is -2.45. The number of amides is 4. The molecule has 0 aliphatic heterocycles. The summed E-state index contributed by atoms with van der Waals surface area (Å²) in [5.74, 6) is -0.111. The molecule has 0 aromatic heterocycles. The molecule has 4 amide bonds. The summed E-state index contributed by atoms with van der Waals surface area (Å²) in [6.45, 7) is 0. The summed E-state index contributed by atoms with van der Waals surface area (Å²) in [7, 11) is 1.56. The Hall–Kier alpha value is -3.59. The van der Waals surface area contributed by atoms with E-state index in [2.05, 4.69) is 16.0 Å². The lowest BCUT2D eigenvalue weighted by Gasteiger charge is -2.19. The molecule has 0 fully saturated rings. The monoisotopic (exact) mass is 428 g/mol. The van der Waals surface area contributed by atoms with Crippen molar-refractivity contribution in [1.29, 1.82) is 0 Å². The Kier molecular flexibility index (Phi) is 9.83. The first-order chi connectivity index (χ1) is 15.0. The number of nitrogens with one attached hydrogen (secondary N) is 4. The molecule has 31 heavy (non-hydrogen) atoms. The first kappa shape index (κ1) is 23.7. The van der Waals surface area contributed by atoms with E-state index in [4.69, 9.17) is 9.94 Å². The second kappa shape index (κ2) is 12.9. The number of rotatable bonds is 11. The van der Waals surface area contributed by atoms with Gasteiger partial charge in [0.15, 0.2) is 0 Å². The molecule has 5 N–H and O–H groups in total. The number of para-hydroxylation sites is 1. The number of carbonyl (C=O) groups excluding carboxylic acids is 3. The highest BCUT2D eigenvalue weighted by Gasteiger charge is 2.21. The molecule has 1 atom stereocenters. The van der Waals surface area contributed by atoms with Crippen LogP contribution in [-0.4, -0.2) is 36.2 Å². The predicted octanol–water partition coefficient (Wildman–Crippen LogP) is 3.28. The molecule has 0 spiro atoms. The highest BCUT2D eigenvalue weighted by Crippen LogP contribution is 2.15. The van der Waals surface area contributed by atoms with Gasteiger partial charge in [-0.05, 0) is 49.2 Å². The summed E-state index contributed by atoms with van der Waals surface area (Å²) in [6.07, 6.45) is 2.45. The van der Waals surface area contributed by atoms with E-state index in [0.29, 0.717) is 42.8 Å². The Balaban J connectivity index is 1.93. The minimum atomic E-state index is -0.759. The molecule has 166 valence electrons. The number of methoxy groups -OCH3 is 1. The number of anilines is 2. The predicted molar refractivity (Wildman–Crippen MR) is 117 cm³/mol. The van der Waals surface area contributed by atoms with Crippen LogP contribution in [0.3, 0.4) is 0 Å². The molecule has 0 saturated heterocycles. The van der Waals surface area contributed by atoms with Gasteiger partial charge in [-0.25, -0.2) is 10.3 Å². The van der Waals surface area contributed by atoms with Gasteiger partial charge in [0.2, 0.25) is 11.8 Å². The fourth-order valence-electron chi connectivity index (χ4n) is 2.89. The van der Waals surface area contributed by atoms with Crippen molar-refractivity contribution in [3.05, 3.63) is 54.6 Å². The summed E-state index contributed by atoms with van der Waals surface area (Å²) in [5, 5.41) is 16.7. The highest BCUT2D eigenvalue weighted by atomic mass is 16.5. The molecule has 0 bridgehead atoms. The maximum Gasteiger partial charge on any atom is 0.319 e. The van der Waals surface area contributed by atoms with Crippen molar-refractivity contribution in [1.82, 2.24) is 10.8 Å². The third-order valence-corrected chi connectivity index (χ3v) is 4.53. The second-order valence-electron chi connectivity index (χ2n) is 6.87. The van der Waals surface area contributed by atoms with Crippen LogP contribution in [0.1, 0.15) is 32.1 Å². The zero-order valence-electron chi connectivity index (χ0n) is 17.4. The van der Waals surface area contributed by atoms with Crippen molar-refractivity contribution in [2.24, 2.45) is 0 Å². The Morgan fingerprint density at radius 1 is 0.903 bits per heavy atom. The van der Waals surface area contributed by atoms with E-state index in [0.717, 1.165) is 0 Å². The standard InChI is InChI=1S/C22H28N4O5/c1-31-18-14-12-17(13-15-18)24-22(29)25-19(10-6-3-7-11-20(27)26-30)21(28)23-16-8-4-2-5-9-16/h2,4-5,8-9,12-15,19,30H,3,6-7,10-11H2,1H3,(H,23,28)(H,26,27)(H2,24,25,29)/t19-/m0/s1. The lowest BCUT2D eigenvalue weighted by atomic mass is 10.1. The largest absolute Gasteiger partial charge is 0.497 e. The van der Waals surface area contributed by atoms with E-state index < -0.39 is 18.0 Å². The van der Waals surface area contributed by atoms with Crippen molar-refractivity contribution >= 4 is 29.2 Å². The fourth-order valence-corrected chi connectivity index (χ4v) is 2.89. The van der Waals surface area contributed by atoms with E-state index in [1.165, 1.54) is 0 Å². The molecule has 9 heteroatoms.